The highest BCUT2D eigenvalue weighted by Crippen LogP contribution is 2.46. The van der Waals surface area contributed by atoms with Gasteiger partial charge in [0.15, 0.2) is 0 Å². The van der Waals surface area contributed by atoms with E-state index in [-0.39, 0.29) is 0 Å². The van der Waals surface area contributed by atoms with E-state index in [1.807, 2.05) is 0 Å². The molecule has 0 radical (unpaired) electrons. The van der Waals surface area contributed by atoms with Crippen LogP contribution in [0.25, 0.3) is 64.4 Å². The van der Waals surface area contributed by atoms with E-state index in [1.54, 1.807) is 11.3 Å². The van der Waals surface area contributed by atoms with Crippen LogP contribution >= 0.6 is 11.3 Å². The number of hydrogen-bond acceptors (Lipinski definition) is 4. The number of rotatable bonds is 5. The molecule has 0 N–H and O–H groups in total. The highest BCUT2D eigenvalue weighted by Gasteiger charge is 2.21. The first-order valence-electron chi connectivity index (χ1n) is 17.5. The summed E-state index contributed by atoms with van der Waals surface area (Å²) in [5.41, 5.74) is 10.7. The molecule has 0 spiro atoms. The first-order chi connectivity index (χ1) is 24.8. The molecule has 0 saturated heterocycles. The van der Waals surface area contributed by atoms with Crippen LogP contribution in [0.15, 0.2) is 152 Å². The van der Waals surface area contributed by atoms with Crippen LogP contribution in [0, 0.1) is 0 Å². The summed E-state index contributed by atoms with van der Waals surface area (Å²) in [6.45, 7) is 0. The molecule has 0 unspecified atom stereocenters. The number of hydrogen-bond donors (Lipinski definition) is 0. The third-order valence-electron chi connectivity index (χ3n) is 10.3. The molecule has 0 atom stereocenters. The average molecular weight is 660 g/mol. The normalized spacial score (nSPS) is 12.9. The van der Waals surface area contributed by atoms with Gasteiger partial charge in [0, 0.05) is 27.7 Å². The van der Waals surface area contributed by atoms with E-state index in [1.165, 1.54) is 67.5 Å². The lowest BCUT2D eigenvalue weighted by Crippen LogP contribution is -2.11. The van der Waals surface area contributed by atoms with Gasteiger partial charge in [-0.3, -0.25) is 0 Å². The lowest BCUT2D eigenvalue weighted by molar-refractivity contribution is 0.671. The molecule has 9 aromatic rings. The van der Waals surface area contributed by atoms with Crippen molar-refractivity contribution in [2.45, 2.75) is 25.7 Å². The van der Waals surface area contributed by atoms with E-state index in [4.69, 9.17) is 9.97 Å². The summed E-state index contributed by atoms with van der Waals surface area (Å²) in [6.07, 6.45) is 4.66. The number of thiazole rings is 1. The summed E-state index contributed by atoms with van der Waals surface area (Å²) in [5.74, 6) is 0. The number of benzene rings is 7. The third kappa shape index (κ3) is 4.79. The summed E-state index contributed by atoms with van der Waals surface area (Å²) in [5, 5.41) is 8.34. The molecule has 0 saturated carbocycles. The Hall–Kier alpha value is -5.84. The molecule has 1 aliphatic carbocycles. The van der Waals surface area contributed by atoms with Gasteiger partial charge >= 0.3 is 0 Å². The van der Waals surface area contributed by atoms with Crippen molar-refractivity contribution < 1.29 is 0 Å². The molecule has 7 aromatic carbocycles. The van der Waals surface area contributed by atoms with Gasteiger partial charge in [-0.05, 0) is 94.3 Å². The first kappa shape index (κ1) is 29.1. The van der Waals surface area contributed by atoms with Gasteiger partial charge in [0.2, 0.25) is 0 Å². The lowest BCUT2D eigenvalue weighted by Gasteiger charge is -2.28. The Bertz CT molecular complexity index is 2680. The number of anilines is 3. The lowest BCUT2D eigenvalue weighted by atomic mass is 9.91. The van der Waals surface area contributed by atoms with Crippen molar-refractivity contribution in [3.63, 3.8) is 0 Å². The molecule has 238 valence electrons. The van der Waals surface area contributed by atoms with E-state index in [0.717, 1.165) is 50.8 Å². The van der Waals surface area contributed by atoms with Gasteiger partial charge in [-0.2, -0.15) is 0 Å². The SMILES string of the molecule is c1ccc(N(c2cccc3ccccc23)c2ccc(-c3ccc(-c4nc5cc6c(nc5s4)CCCC6)c4ccccc34)c3ccccc23)cc1. The fourth-order valence-electron chi connectivity index (χ4n) is 7.92. The van der Waals surface area contributed by atoms with Crippen molar-refractivity contribution in [1.29, 1.82) is 0 Å². The van der Waals surface area contributed by atoms with E-state index >= 15 is 0 Å². The summed E-state index contributed by atoms with van der Waals surface area (Å²) >= 11 is 1.72. The maximum absolute atomic E-state index is 5.15. The number of fused-ring (bicyclic) bond motifs is 5. The molecule has 0 aliphatic heterocycles. The summed E-state index contributed by atoms with van der Waals surface area (Å²) in [4.78, 5) is 13.7. The molecule has 0 bridgehead atoms. The summed E-state index contributed by atoms with van der Waals surface area (Å²) < 4.78 is 0. The van der Waals surface area contributed by atoms with E-state index in [9.17, 15) is 0 Å². The van der Waals surface area contributed by atoms with Gasteiger partial charge in [-0.25, -0.2) is 9.97 Å². The van der Waals surface area contributed by atoms with Crippen molar-refractivity contribution in [3.05, 3.63) is 163 Å². The van der Waals surface area contributed by atoms with Gasteiger partial charge in [0.1, 0.15) is 15.4 Å². The molecule has 2 aromatic heterocycles. The number of aromatic nitrogens is 2. The third-order valence-corrected chi connectivity index (χ3v) is 11.3. The highest BCUT2D eigenvalue weighted by atomic mass is 32.1. The Morgan fingerprint density at radius 3 is 1.90 bits per heavy atom. The zero-order valence-electron chi connectivity index (χ0n) is 27.5. The van der Waals surface area contributed by atoms with Crippen LogP contribution in [0.3, 0.4) is 0 Å². The maximum atomic E-state index is 5.15. The zero-order valence-corrected chi connectivity index (χ0v) is 28.3. The van der Waals surface area contributed by atoms with Crippen molar-refractivity contribution >= 4 is 71.1 Å². The molecule has 0 fully saturated rings. The number of pyridine rings is 1. The quantitative estimate of drug-likeness (QED) is 0.184. The summed E-state index contributed by atoms with van der Waals surface area (Å²) in [7, 11) is 0. The van der Waals surface area contributed by atoms with Crippen LogP contribution in [0.5, 0.6) is 0 Å². The predicted molar refractivity (Wildman–Crippen MR) is 212 cm³/mol. The first-order valence-corrected chi connectivity index (χ1v) is 18.3. The molecule has 1 aliphatic rings. The minimum atomic E-state index is 1.02. The van der Waals surface area contributed by atoms with Crippen LogP contribution < -0.4 is 4.90 Å². The molecular formula is C46H33N3S. The zero-order chi connectivity index (χ0) is 33.0. The van der Waals surface area contributed by atoms with Crippen LogP contribution in [-0.4, -0.2) is 9.97 Å². The topological polar surface area (TPSA) is 29.0 Å². The van der Waals surface area contributed by atoms with E-state index in [2.05, 4.69) is 157 Å². The fourth-order valence-corrected chi connectivity index (χ4v) is 8.90. The molecule has 4 heteroatoms. The minimum Gasteiger partial charge on any atom is -0.309 e. The Morgan fingerprint density at radius 2 is 1.08 bits per heavy atom. The average Bonchev–Trinajstić information content (AvgIpc) is 3.60. The second-order valence-corrected chi connectivity index (χ2v) is 14.2. The van der Waals surface area contributed by atoms with Crippen LogP contribution in [0.2, 0.25) is 0 Å². The molecule has 10 rings (SSSR count). The van der Waals surface area contributed by atoms with Crippen LogP contribution in [0.4, 0.5) is 17.1 Å². The predicted octanol–water partition coefficient (Wildman–Crippen LogP) is 12.8. The molecular weight excluding hydrogens is 627 g/mol. The molecule has 50 heavy (non-hydrogen) atoms. The van der Waals surface area contributed by atoms with Crippen molar-refractivity contribution in [2.75, 3.05) is 4.90 Å². The van der Waals surface area contributed by atoms with Crippen LogP contribution in [-0.2, 0) is 12.8 Å². The minimum absolute atomic E-state index is 1.02. The van der Waals surface area contributed by atoms with Crippen molar-refractivity contribution in [1.82, 2.24) is 9.97 Å². The Labute approximate surface area is 295 Å². The number of para-hydroxylation sites is 1. The monoisotopic (exact) mass is 659 g/mol. The highest BCUT2D eigenvalue weighted by molar-refractivity contribution is 7.21. The molecule has 2 heterocycles. The van der Waals surface area contributed by atoms with E-state index < -0.39 is 0 Å². The van der Waals surface area contributed by atoms with Gasteiger partial charge in [0.25, 0.3) is 0 Å². The Morgan fingerprint density at radius 1 is 0.480 bits per heavy atom. The van der Waals surface area contributed by atoms with Gasteiger partial charge < -0.3 is 4.90 Å². The molecule has 3 nitrogen and oxygen atoms in total. The second-order valence-electron chi connectivity index (χ2n) is 13.2. The fraction of sp³-hybridized carbons (Fsp3) is 0.0870. The van der Waals surface area contributed by atoms with Crippen molar-refractivity contribution in [2.24, 2.45) is 0 Å². The number of nitrogens with zero attached hydrogens (tertiary/aromatic N) is 3. The molecule has 0 amide bonds. The van der Waals surface area contributed by atoms with E-state index in [0.29, 0.717) is 0 Å². The number of aryl methyl sites for hydroxylation is 2. The van der Waals surface area contributed by atoms with Crippen LogP contribution in [0.1, 0.15) is 24.1 Å². The Kier molecular flexibility index (Phi) is 6.95. The van der Waals surface area contributed by atoms with Crippen molar-refractivity contribution in [3.8, 4) is 21.7 Å². The maximum Gasteiger partial charge on any atom is 0.144 e. The van der Waals surface area contributed by atoms with Gasteiger partial charge in [-0.15, -0.1) is 0 Å². The summed E-state index contributed by atoms with van der Waals surface area (Å²) in [6, 6.07) is 55.1. The Balaban J connectivity index is 1.15. The van der Waals surface area contributed by atoms with Gasteiger partial charge in [-0.1, -0.05) is 133 Å². The largest absolute Gasteiger partial charge is 0.309 e. The van der Waals surface area contributed by atoms with Gasteiger partial charge in [0.05, 0.1) is 11.4 Å². The second kappa shape index (κ2) is 11.9. The standard InChI is InChI=1S/C46H33N3S/c1-2-16-32(17-3-1)49(43-24-12-15-30-13-4-6-18-33(30)43)44-28-27-38(35-20-9-10-22-39(35)44)37-25-26-40(36-21-8-7-19-34(36)37)45-48-42-29-31-14-5-11-23-41(31)47-46(42)50-45/h1-4,6-10,12-13,15-22,24-29H,5,11,14,23H2. The smallest absolute Gasteiger partial charge is 0.144 e.